The van der Waals surface area contributed by atoms with Gasteiger partial charge in [-0.05, 0) is 24.5 Å². The van der Waals surface area contributed by atoms with Crippen LogP contribution in [0.25, 0.3) is 0 Å². The van der Waals surface area contributed by atoms with E-state index in [4.69, 9.17) is 4.74 Å². The van der Waals surface area contributed by atoms with Crippen LogP contribution in [-0.4, -0.2) is 10.9 Å². The number of nitro groups is 1. The fourth-order valence-electron chi connectivity index (χ4n) is 2.88. The second-order valence-corrected chi connectivity index (χ2v) is 7.34. The average molecular weight is 363 g/mol. The molecule has 0 saturated heterocycles. The van der Waals surface area contributed by atoms with Gasteiger partial charge in [0.2, 0.25) is 0 Å². The molecule has 1 aromatic rings. The highest BCUT2D eigenvalue weighted by Crippen LogP contribution is 2.18. The van der Waals surface area contributed by atoms with E-state index in [0.29, 0.717) is 12.2 Å². The smallest absolute Gasteiger partial charge is 0.311 e. The van der Waals surface area contributed by atoms with Crippen LogP contribution in [0.4, 0.5) is 5.69 Å². The molecular formula is C21H33NO4. The minimum absolute atomic E-state index is 0.00952. The van der Waals surface area contributed by atoms with Gasteiger partial charge < -0.3 is 4.74 Å². The number of ether oxygens (including phenoxy) is 1. The second kappa shape index (κ2) is 13.3. The molecule has 0 aromatic heterocycles. The molecule has 0 amide bonds. The van der Waals surface area contributed by atoms with Crippen molar-refractivity contribution in [2.24, 2.45) is 5.92 Å². The zero-order valence-corrected chi connectivity index (χ0v) is 16.2. The fourth-order valence-corrected chi connectivity index (χ4v) is 2.88. The third kappa shape index (κ3) is 10.9. The molecule has 0 atom stereocenters. The number of rotatable bonds is 14. The Balaban J connectivity index is 1.97. The van der Waals surface area contributed by atoms with Crippen molar-refractivity contribution in [2.75, 3.05) is 0 Å². The van der Waals surface area contributed by atoms with Gasteiger partial charge in [0.1, 0.15) is 5.75 Å². The Kier molecular flexibility index (Phi) is 11.3. The summed E-state index contributed by atoms with van der Waals surface area (Å²) in [6.07, 6.45) is 12.7. The van der Waals surface area contributed by atoms with Crippen molar-refractivity contribution in [3.63, 3.8) is 0 Å². The number of nitro benzene ring substituents is 1. The van der Waals surface area contributed by atoms with Crippen LogP contribution in [0.15, 0.2) is 24.3 Å². The van der Waals surface area contributed by atoms with Crippen LogP contribution in [0.2, 0.25) is 0 Å². The molecule has 26 heavy (non-hydrogen) atoms. The maximum atomic E-state index is 11.8. The van der Waals surface area contributed by atoms with E-state index >= 15 is 0 Å². The molecule has 0 unspecified atom stereocenters. The summed E-state index contributed by atoms with van der Waals surface area (Å²) in [7, 11) is 0. The van der Waals surface area contributed by atoms with Crippen LogP contribution in [0.5, 0.6) is 5.75 Å². The molecule has 146 valence electrons. The number of unbranched alkanes of at least 4 members (excludes halogenated alkanes) is 8. The molecule has 0 radical (unpaired) electrons. The van der Waals surface area contributed by atoms with Gasteiger partial charge in [-0.2, -0.15) is 0 Å². The van der Waals surface area contributed by atoms with E-state index in [1.165, 1.54) is 69.2 Å². The molecule has 0 saturated carbocycles. The first-order valence-electron chi connectivity index (χ1n) is 9.94. The van der Waals surface area contributed by atoms with Crippen molar-refractivity contribution in [1.29, 1.82) is 0 Å². The van der Waals surface area contributed by atoms with Gasteiger partial charge in [-0.25, -0.2) is 0 Å². The van der Waals surface area contributed by atoms with Crippen molar-refractivity contribution in [3.05, 3.63) is 34.4 Å². The number of carbonyl (C=O) groups excluding carboxylic acids is 1. The number of hydrogen-bond acceptors (Lipinski definition) is 4. The molecule has 1 aromatic carbocycles. The van der Waals surface area contributed by atoms with Gasteiger partial charge in [0, 0.05) is 18.6 Å². The van der Waals surface area contributed by atoms with Crippen molar-refractivity contribution in [3.8, 4) is 5.75 Å². The van der Waals surface area contributed by atoms with Crippen molar-refractivity contribution >= 4 is 11.7 Å². The van der Waals surface area contributed by atoms with Crippen LogP contribution in [0.3, 0.4) is 0 Å². The number of nitrogens with zero attached hydrogens (tertiary/aromatic N) is 1. The van der Waals surface area contributed by atoms with Gasteiger partial charge in [0.15, 0.2) is 0 Å². The van der Waals surface area contributed by atoms with Crippen LogP contribution >= 0.6 is 0 Å². The lowest BCUT2D eigenvalue weighted by Crippen LogP contribution is -2.07. The molecule has 0 aliphatic rings. The summed E-state index contributed by atoms with van der Waals surface area (Å²) in [5.74, 6) is 0.907. The number of esters is 1. The Morgan fingerprint density at radius 2 is 1.42 bits per heavy atom. The molecule has 1 rings (SSSR count). The molecule has 0 bridgehead atoms. The highest BCUT2D eigenvalue weighted by Gasteiger charge is 2.08. The van der Waals surface area contributed by atoms with Crippen LogP contribution in [0.1, 0.15) is 84.5 Å². The minimum Gasteiger partial charge on any atom is -0.427 e. The first-order chi connectivity index (χ1) is 12.5. The van der Waals surface area contributed by atoms with E-state index < -0.39 is 4.92 Å². The Labute approximate surface area is 157 Å². The summed E-state index contributed by atoms with van der Waals surface area (Å²) in [6, 6.07) is 5.59. The Morgan fingerprint density at radius 1 is 0.923 bits per heavy atom. The fraction of sp³-hybridized carbons (Fsp3) is 0.667. The molecule has 0 aliphatic carbocycles. The number of non-ortho nitro benzene ring substituents is 1. The van der Waals surface area contributed by atoms with Gasteiger partial charge in [-0.15, -0.1) is 0 Å². The average Bonchev–Trinajstić information content (AvgIpc) is 2.59. The van der Waals surface area contributed by atoms with E-state index in [9.17, 15) is 14.9 Å². The number of hydrogen-bond donors (Lipinski definition) is 0. The zero-order valence-electron chi connectivity index (χ0n) is 16.2. The summed E-state index contributed by atoms with van der Waals surface area (Å²) in [4.78, 5) is 21.9. The summed E-state index contributed by atoms with van der Waals surface area (Å²) >= 11 is 0. The van der Waals surface area contributed by atoms with Gasteiger partial charge >= 0.3 is 5.97 Å². The summed E-state index contributed by atoms with van der Waals surface area (Å²) in [5.41, 5.74) is -0.00952. The van der Waals surface area contributed by atoms with E-state index in [-0.39, 0.29) is 11.7 Å². The lowest BCUT2D eigenvalue weighted by molar-refractivity contribution is -0.384. The van der Waals surface area contributed by atoms with Gasteiger partial charge in [-0.1, -0.05) is 71.6 Å². The molecule has 0 aliphatic heterocycles. The second-order valence-electron chi connectivity index (χ2n) is 7.34. The maximum Gasteiger partial charge on any atom is 0.311 e. The SMILES string of the molecule is CC(C)CCCCCCCCCCCC(=O)Oc1ccc([N+](=O)[O-])cc1. The van der Waals surface area contributed by atoms with E-state index in [2.05, 4.69) is 13.8 Å². The molecule has 5 heteroatoms. The molecule has 5 nitrogen and oxygen atoms in total. The number of carbonyl (C=O) groups is 1. The first kappa shape index (κ1) is 22.1. The topological polar surface area (TPSA) is 69.4 Å². The minimum atomic E-state index is -0.475. The van der Waals surface area contributed by atoms with Crippen LogP contribution < -0.4 is 4.74 Å². The van der Waals surface area contributed by atoms with Crippen molar-refractivity contribution in [1.82, 2.24) is 0 Å². The highest BCUT2D eigenvalue weighted by atomic mass is 16.6. The lowest BCUT2D eigenvalue weighted by Gasteiger charge is -2.05. The predicted molar refractivity (Wildman–Crippen MR) is 104 cm³/mol. The molecule has 0 heterocycles. The van der Waals surface area contributed by atoms with Crippen molar-refractivity contribution in [2.45, 2.75) is 84.5 Å². The number of benzene rings is 1. The predicted octanol–water partition coefficient (Wildman–Crippen LogP) is 6.45. The quantitative estimate of drug-likeness (QED) is 0.125. The Bertz CT molecular complexity index is 525. The van der Waals surface area contributed by atoms with Gasteiger partial charge in [0.05, 0.1) is 4.92 Å². The third-order valence-electron chi connectivity index (χ3n) is 4.44. The highest BCUT2D eigenvalue weighted by molar-refractivity contribution is 5.72. The van der Waals surface area contributed by atoms with Gasteiger partial charge in [0.25, 0.3) is 5.69 Å². The van der Waals surface area contributed by atoms with Gasteiger partial charge in [-0.3, -0.25) is 14.9 Å². The van der Waals surface area contributed by atoms with E-state index in [1.807, 2.05) is 0 Å². The molecule has 0 spiro atoms. The normalized spacial score (nSPS) is 10.9. The van der Waals surface area contributed by atoms with E-state index in [0.717, 1.165) is 25.2 Å². The standard InChI is InChI=1S/C21H33NO4/c1-18(2)12-10-8-6-4-3-5-7-9-11-13-21(23)26-20-16-14-19(15-17-20)22(24)25/h14-18H,3-13H2,1-2H3. The van der Waals surface area contributed by atoms with Crippen LogP contribution in [-0.2, 0) is 4.79 Å². The van der Waals surface area contributed by atoms with Crippen LogP contribution in [0, 0.1) is 16.0 Å². The summed E-state index contributed by atoms with van der Waals surface area (Å²) in [5, 5.41) is 10.6. The lowest BCUT2D eigenvalue weighted by atomic mass is 10.0. The monoisotopic (exact) mass is 363 g/mol. The largest absolute Gasteiger partial charge is 0.427 e. The molecule has 0 N–H and O–H groups in total. The van der Waals surface area contributed by atoms with Crippen molar-refractivity contribution < 1.29 is 14.5 Å². The molecule has 0 fully saturated rings. The Hall–Kier alpha value is -1.91. The maximum absolute atomic E-state index is 11.8. The Morgan fingerprint density at radius 3 is 1.92 bits per heavy atom. The third-order valence-corrected chi connectivity index (χ3v) is 4.44. The summed E-state index contributed by atoms with van der Waals surface area (Å²) in [6.45, 7) is 4.56. The summed E-state index contributed by atoms with van der Waals surface area (Å²) < 4.78 is 5.19. The molecular weight excluding hydrogens is 330 g/mol. The van der Waals surface area contributed by atoms with E-state index in [1.54, 1.807) is 0 Å². The zero-order chi connectivity index (χ0) is 19.2. The first-order valence-corrected chi connectivity index (χ1v) is 9.94.